The van der Waals surface area contributed by atoms with Crippen molar-refractivity contribution in [1.82, 2.24) is 10.2 Å². The highest BCUT2D eigenvalue weighted by molar-refractivity contribution is 6.14. The molecule has 6 nitrogen and oxygen atoms in total. The molecule has 0 bridgehead atoms. The minimum atomic E-state index is -0.411. The molecule has 0 unspecified atom stereocenters. The molecule has 1 aromatic carbocycles. The molecule has 0 spiro atoms. The molecular formula is C17H19N3O3. The maximum atomic E-state index is 12.1. The van der Waals surface area contributed by atoms with E-state index in [2.05, 4.69) is 16.8 Å². The lowest BCUT2D eigenvalue weighted by Crippen LogP contribution is -2.36. The zero-order valence-electron chi connectivity index (χ0n) is 12.8. The van der Waals surface area contributed by atoms with Gasteiger partial charge in [0.05, 0.1) is 13.2 Å². The number of urea groups is 1. The lowest BCUT2D eigenvalue weighted by Gasteiger charge is -2.28. The van der Waals surface area contributed by atoms with Crippen molar-refractivity contribution in [1.29, 1.82) is 0 Å². The topological polar surface area (TPSA) is 61.9 Å². The Morgan fingerprint density at radius 3 is 2.52 bits per heavy atom. The maximum absolute atomic E-state index is 12.1. The van der Waals surface area contributed by atoms with Gasteiger partial charge in [0, 0.05) is 25.3 Å². The van der Waals surface area contributed by atoms with Crippen LogP contribution in [0.1, 0.15) is 5.56 Å². The molecule has 2 heterocycles. The summed E-state index contributed by atoms with van der Waals surface area (Å²) in [6.45, 7) is 7.00. The minimum Gasteiger partial charge on any atom is -0.378 e. The molecule has 1 aromatic rings. The summed E-state index contributed by atoms with van der Waals surface area (Å²) in [5.41, 5.74) is 2.28. The molecule has 0 radical (unpaired) electrons. The van der Waals surface area contributed by atoms with Crippen LogP contribution >= 0.6 is 0 Å². The standard InChI is InChI=1S/C17H19N3O3/c1-2-7-20-16(21)15(18-17(20)22)12-13-3-5-14(6-4-13)19-8-10-23-11-9-19/h2-6,12H,1,7-11H2,(H,18,22)/b15-12-. The van der Waals surface area contributed by atoms with E-state index in [1.807, 2.05) is 24.3 Å². The molecule has 6 heteroatoms. The van der Waals surface area contributed by atoms with E-state index in [1.54, 1.807) is 6.08 Å². The van der Waals surface area contributed by atoms with Gasteiger partial charge in [-0.15, -0.1) is 6.58 Å². The number of anilines is 1. The number of amides is 3. The van der Waals surface area contributed by atoms with Gasteiger partial charge in [-0.25, -0.2) is 4.79 Å². The largest absolute Gasteiger partial charge is 0.378 e. The number of nitrogens with zero attached hydrogens (tertiary/aromatic N) is 2. The SMILES string of the molecule is C=CCN1C(=O)N/C(=C\c2ccc(N3CCOCC3)cc2)C1=O. The molecule has 3 amide bonds. The minimum absolute atomic E-state index is 0.206. The third-order valence-corrected chi connectivity index (χ3v) is 3.85. The van der Waals surface area contributed by atoms with Crippen LogP contribution in [0.3, 0.4) is 0 Å². The van der Waals surface area contributed by atoms with Crippen LogP contribution in [0.25, 0.3) is 6.08 Å². The van der Waals surface area contributed by atoms with Gasteiger partial charge in [-0.05, 0) is 23.8 Å². The van der Waals surface area contributed by atoms with Crippen LogP contribution in [-0.4, -0.2) is 49.7 Å². The summed E-state index contributed by atoms with van der Waals surface area (Å²) < 4.78 is 5.34. The molecule has 120 valence electrons. The van der Waals surface area contributed by atoms with Crippen LogP contribution in [0.4, 0.5) is 10.5 Å². The van der Waals surface area contributed by atoms with Crippen LogP contribution in [0.5, 0.6) is 0 Å². The van der Waals surface area contributed by atoms with Gasteiger partial charge in [0.1, 0.15) is 5.70 Å². The fourth-order valence-electron chi connectivity index (χ4n) is 2.64. The van der Waals surface area contributed by atoms with E-state index in [1.165, 1.54) is 6.08 Å². The quantitative estimate of drug-likeness (QED) is 0.521. The van der Waals surface area contributed by atoms with Crippen LogP contribution in [-0.2, 0) is 9.53 Å². The molecule has 0 saturated carbocycles. The fraction of sp³-hybridized carbons (Fsp3) is 0.294. The molecule has 0 aromatic heterocycles. The van der Waals surface area contributed by atoms with Gasteiger partial charge in [-0.1, -0.05) is 18.2 Å². The summed E-state index contributed by atoms with van der Waals surface area (Å²) in [5, 5.41) is 2.59. The average molecular weight is 313 g/mol. The van der Waals surface area contributed by atoms with E-state index in [-0.39, 0.29) is 18.1 Å². The van der Waals surface area contributed by atoms with Crippen molar-refractivity contribution in [3.63, 3.8) is 0 Å². The molecule has 0 aliphatic carbocycles. The number of imide groups is 1. The summed E-state index contributed by atoms with van der Waals surface area (Å²) in [5.74, 6) is -0.327. The van der Waals surface area contributed by atoms with Gasteiger partial charge in [0.15, 0.2) is 0 Å². The Hall–Kier alpha value is -2.60. The second-order valence-corrected chi connectivity index (χ2v) is 5.38. The van der Waals surface area contributed by atoms with Crippen LogP contribution in [0.15, 0.2) is 42.6 Å². The highest BCUT2D eigenvalue weighted by atomic mass is 16.5. The molecule has 23 heavy (non-hydrogen) atoms. The van der Waals surface area contributed by atoms with E-state index in [0.29, 0.717) is 0 Å². The predicted molar refractivity (Wildman–Crippen MR) is 87.9 cm³/mol. The third kappa shape index (κ3) is 3.27. The molecule has 2 fully saturated rings. The Bertz CT molecular complexity index is 646. The second kappa shape index (κ2) is 6.66. The van der Waals surface area contributed by atoms with Gasteiger partial charge in [0.25, 0.3) is 5.91 Å². The zero-order chi connectivity index (χ0) is 16.2. The Kier molecular flexibility index (Phi) is 4.43. The summed E-state index contributed by atoms with van der Waals surface area (Å²) in [6, 6.07) is 7.49. The van der Waals surface area contributed by atoms with E-state index in [4.69, 9.17) is 4.74 Å². The average Bonchev–Trinajstić information content (AvgIpc) is 2.84. The number of ether oxygens (including phenoxy) is 1. The number of morpholine rings is 1. The van der Waals surface area contributed by atoms with Crippen molar-refractivity contribution in [2.24, 2.45) is 0 Å². The fourth-order valence-corrected chi connectivity index (χ4v) is 2.64. The van der Waals surface area contributed by atoms with Gasteiger partial charge in [-0.3, -0.25) is 9.69 Å². The monoisotopic (exact) mass is 313 g/mol. The Labute approximate surface area is 135 Å². The van der Waals surface area contributed by atoms with Gasteiger partial charge < -0.3 is 15.0 Å². The molecule has 2 aliphatic heterocycles. The number of rotatable bonds is 4. The normalized spacial score (nSPS) is 20.1. The Morgan fingerprint density at radius 2 is 1.87 bits per heavy atom. The molecule has 2 aliphatic rings. The number of hydrogen-bond donors (Lipinski definition) is 1. The summed E-state index contributed by atoms with van der Waals surface area (Å²) in [6.07, 6.45) is 3.21. The number of nitrogens with one attached hydrogen (secondary N) is 1. The summed E-state index contributed by atoms with van der Waals surface area (Å²) in [7, 11) is 0. The first-order valence-electron chi connectivity index (χ1n) is 7.57. The van der Waals surface area contributed by atoms with E-state index in [9.17, 15) is 9.59 Å². The predicted octanol–water partition coefficient (Wildman–Crippen LogP) is 1.60. The zero-order valence-corrected chi connectivity index (χ0v) is 12.8. The van der Waals surface area contributed by atoms with Crippen molar-refractivity contribution < 1.29 is 14.3 Å². The number of benzene rings is 1. The van der Waals surface area contributed by atoms with Gasteiger partial charge >= 0.3 is 6.03 Å². The van der Waals surface area contributed by atoms with Gasteiger partial charge in [-0.2, -0.15) is 0 Å². The lowest BCUT2D eigenvalue weighted by molar-refractivity contribution is -0.122. The Morgan fingerprint density at radius 1 is 1.17 bits per heavy atom. The van der Waals surface area contributed by atoms with Crippen molar-refractivity contribution in [3.05, 3.63) is 48.2 Å². The smallest absolute Gasteiger partial charge is 0.329 e. The first-order valence-corrected chi connectivity index (χ1v) is 7.57. The molecule has 0 atom stereocenters. The van der Waals surface area contributed by atoms with Crippen molar-refractivity contribution >= 4 is 23.7 Å². The Balaban J connectivity index is 1.73. The molecule has 3 rings (SSSR count). The van der Waals surface area contributed by atoms with E-state index in [0.717, 1.165) is 42.5 Å². The first kappa shape index (κ1) is 15.3. The number of carbonyl (C=O) groups is 2. The second-order valence-electron chi connectivity index (χ2n) is 5.38. The number of carbonyl (C=O) groups excluding carboxylic acids is 2. The first-order chi connectivity index (χ1) is 11.2. The highest BCUT2D eigenvalue weighted by Crippen LogP contribution is 2.19. The van der Waals surface area contributed by atoms with Crippen molar-refractivity contribution in [2.45, 2.75) is 0 Å². The molecule has 1 N–H and O–H groups in total. The summed E-state index contributed by atoms with van der Waals surface area (Å²) in [4.78, 5) is 27.2. The van der Waals surface area contributed by atoms with E-state index < -0.39 is 6.03 Å². The van der Waals surface area contributed by atoms with E-state index >= 15 is 0 Å². The highest BCUT2D eigenvalue weighted by Gasteiger charge is 2.32. The number of hydrogen-bond acceptors (Lipinski definition) is 4. The third-order valence-electron chi connectivity index (χ3n) is 3.85. The maximum Gasteiger partial charge on any atom is 0.329 e. The van der Waals surface area contributed by atoms with Crippen molar-refractivity contribution in [2.75, 3.05) is 37.7 Å². The molecular weight excluding hydrogens is 294 g/mol. The van der Waals surface area contributed by atoms with Gasteiger partial charge in [0.2, 0.25) is 0 Å². The molecule has 2 saturated heterocycles. The summed E-state index contributed by atoms with van der Waals surface area (Å²) >= 11 is 0. The lowest BCUT2D eigenvalue weighted by atomic mass is 10.1. The van der Waals surface area contributed by atoms with Crippen LogP contribution in [0.2, 0.25) is 0 Å². The van der Waals surface area contributed by atoms with Crippen LogP contribution < -0.4 is 10.2 Å². The van der Waals surface area contributed by atoms with Crippen molar-refractivity contribution in [3.8, 4) is 0 Å². The van der Waals surface area contributed by atoms with Crippen LogP contribution in [0, 0.1) is 0 Å².